The maximum absolute atomic E-state index is 6.17. The van der Waals surface area contributed by atoms with Crippen molar-refractivity contribution in [2.45, 2.75) is 18.9 Å². The number of piperazine rings is 1. The van der Waals surface area contributed by atoms with Crippen LogP contribution in [-0.4, -0.2) is 44.2 Å². The van der Waals surface area contributed by atoms with Crippen molar-refractivity contribution in [1.82, 2.24) is 15.5 Å². The summed E-state index contributed by atoms with van der Waals surface area (Å²) in [5.74, 6) is 0.494. The van der Waals surface area contributed by atoms with Crippen LogP contribution in [0.3, 0.4) is 0 Å². The second-order valence-electron chi connectivity index (χ2n) is 7.73. The fourth-order valence-corrected chi connectivity index (χ4v) is 4.30. The Morgan fingerprint density at radius 3 is 2.89 bits per heavy atom. The first-order chi connectivity index (χ1) is 13.7. The summed E-state index contributed by atoms with van der Waals surface area (Å²) in [4.78, 5) is 2.50. The normalized spacial score (nSPS) is 19.1. The van der Waals surface area contributed by atoms with Crippen LogP contribution >= 0.6 is 11.6 Å². The quantitative estimate of drug-likeness (QED) is 0.663. The van der Waals surface area contributed by atoms with E-state index in [0.29, 0.717) is 5.92 Å². The molecule has 0 bridgehead atoms. The van der Waals surface area contributed by atoms with Gasteiger partial charge in [0.25, 0.3) is 0 Å². The molecule has 0 spiro atoms. The van der Waals surface area contributed by atoms with Gasteiger partial charge in [-0.25, -0.2) is 0 Å². The summed E-state index contributed by atoms with van der Waals surface area (Å²) in [7, 11) is 0. The van der Waals surface area contributed by atoms with Gasteiger partial charge in [0.15, 0.2) is 0 Å². The lowest BCUT2D eigenvalue weighted by Crippen LogP contribution is -2.42. The Kier molecular flexibility index (Phi) is 6.20. The summed E-state index contributed by atoms with van der Waals surface area (Å²) in [5, 5.41) is 11.2. The number of hydrogen-bond acceptors (Lipinski definition) is 4. The molecule has 2 aromatic carbocycles. The van der Waals surface area contributed by atoms with Gasteiger partial charge in [0.2, 0.25) is 0 Å². The molecule has 0 aliphatic carbocycles. The molecule has 0 saturated carbocycles. The number of rotatable bonds is 7. The van der Waals surface area contributed by atoms with Gasteiger partial charge in [-0.1, -0.05) is 36.4 Å². The molecule has 2 heterocycles. The van der Waals surface area contributed by atoms with E-state index in [9.17, 15) is 0 Å². The fourth-order valence-electron chi connectivity index (χ4n) is 4.12. The highest BCUT2D eigenvalue weighted by Crippen LogP contribution is 2.35. The number of anilines is 1. The highest BCUT2D eigenvalue weighted by Gasteiger charge is 2.21. The zero-order valence-electron chi connectivity index (χ0n) is 16.3. The Balaban J connectivity index is 1.30. The summed E-state index contributed by atoms with van der Waals surface area (Å²) in [5.41, 5.74) is 6.08. The van der Waals surface area contributed by atoms with Gasteiger partial charge in [-0.3, -0.25) is 4.90 Å². The van der Waals surface area contributed by atoms with E-state index >= 15 is 0 Å². The Labute approximate surface area is 173 Å². The first-order valence-corrected chi connectivity index (χ1v) is 10.6. The minimum absolute atomic E-state index is 0.494. The second-order valence-corrected chi connectivity index (χ2v) is 8.17. The van der Waals surface area contributed by atoms with E-state index in [0.717, 1.165) is 63.0 Å². The second kappa shape index (κ2) is 8.99. The van der Waals surface area contributed by atoms with Crippen molar-refractivity contribution < 1.29 is 0 Å². The average molecular weight is 397 g/mol. The van der Waals surface area contributed by atoms with Gasteiger partial charge in [-0.05, 0) is 47.4 Å². The van der Waals surface area contributed by atoms with Crippen LogP contribution < -0.4 is 16.0 Å². The van der Waals surface area contributed by atoms with Crippen LogP contribution in [0, 0.1) is 0 Å². The molecule has 0 radical (unpaired) electrons. The number of nitrogens with one attached hydrogen (secondary N) is 3. The van der Waals surface area contributed by atoms with Crippen molar-refractivity contribution in [3.63, 3.8) is 0 Å². The molecule has 28 heavy (non-hydrogen) atoms. The van der Waals surface area contributed by atoms with E-state index < -0.39 is 0 Å². The maximum atomic E-state index is 6.17. The molecule has 2 aliphatic heterocycles. The third-order valence-corrected chi connectivity index (χ3v) is 5.95. The van der Waals surface area contributed by atoms with Crippen molar-refractivity contribution in [2.24, 2.45) is 0 Å². The summed E-state index contributed by atoms with van der Waals surface area (Å²) in [6.07, 6.45) is 1.06. The van der Waals surface area contributed by atoms with Crippen LogP contribution in [0.15, 0.2) is 49.0 Å². The molecule has 4 nitrogen and oxygen atoms in total. The summed E-state index contributed by atoms with van der Waals surface area (Å²) >= 11 is 6.17. The van der Waals surface area contributed by atoms with E-state index in [1.165, 1.54) is 22.4 Å². The molecule has 2 aromatic rings. The number of fused-ring (bicyclic) bond motifs is 1. The number of nitrogens with zero attached hydrogens (tertiary/aromatic N) is 1. The molecular weight excluding hydrogens is 368 g/mol. The van der Waals surface area contributed by atoms with E-state index in [-0.39, 0.29) is 0 Å². The van der Waals surface area contributed by atoms with Gasteiger partial charge < -0.3 is 16.0 Å². The van der Waals surface area contributed by atoms with Crippen molar-refractivity contribution in [2.75, 3.05) is 44.6 Å². The van der Waals surface area contributed by atoms with Gasteiger partial charge >= 0.3 is 0 Å². The highest BCUT2D eigenvalue weighted by molar-refractivity contribution is 6.30. The van der Waals surface area contributed by atoms with Crippen LogP contribution in [0.5, 0.6) is 0 Å². The molecule has 4 rings (SSSR count). The molecule has 1 saturated heterocycles. The van der Waals surface area contributed by atoms with E-state index in [2.05, 4.69) is 63.8 Å². The lowest BCUT2D eigenvalue weighted by Gasteiger charge is -2.27. The smallest absolute Gasteiger partial charge is 0.0410 e. The number of benzene rings is 2. The van der Waals surface area contributed by atoms with Gasteiger partial charge in [0.05, 0.1) is 0 Å². The van der Waals surface area contributed by atoms with Gasteiger partial charge in [0.1, 0.15) is 0 Å². The molecule has 1 fully saturated rings. The zero-order valence-corrected chi connectivity index (χ0v) is 17.1. The monoisotopic (exact) mass is 396 g/mol. The van der Waals surface area contributed by atoms with Crippen LogP contribution in [-0.2, 0) is 6.54 Å². The van der Waals surface area contributed by atoms with Crippen molar-refractivity contribution in [3.05, 3.63) is 70.8 Å². The van der Waals surface area contributed by atoms with Gasteiger partial charge in [-0.15, -0.1) is 0 Å². The highest BCUT2D eigenvalue weighted by atomic mass is 35.5. The molecule has 5 heteroatoms. The Morgan fingerprint density at radius 1 is 1.18 bits per heavy atom. The molecule has 2 aliphatic rings. The summed E-state index contributed by atoms with van der Waals surface area (Å²) in [6.45, 7) is 11.5. The summed E-state index contributed by atoms with van der Waals surface area (Å²) in [6, 6.07) is 14.9. The first-order valence-electron chi connectivity index (χ1n) is 10.2. The third kappa shape index (κ3) is 4.69. The zero-order chi connectivity index (χ0) is 19.3. The predicted molar refractivity (Wildman–Crippen MR) is 119 cm³/mol. The molecule has 0 unspecified atom stereocenters. The predicted octanol–water partition coefficient (Wildman–Crippen LogP) is 3.90. The van der Waals surface area contributed by atoms with Crippen molar-refractivity contribution in [3.8, 4) is 0 Å². The molecule has 3 N–H and O–H groups in total. The summed E-state index contributed by atoms with van der Waals surface area (Å²) < 4.78 is 0. The number of halogens is 1. The Bertz CT molecular complexity index is 829. The number of hydrogen-bond donors (Lipinski definition) is 3. The fraction of sp³-hybridized carbons (Fsp3) is 0.391. The van der Waals surface area contributed by atoms with Gasteiger partial charge in [0, 0.05) is 68.1 Å². The molecule has 0 aromatic heterocycles. The van der Waals surface area contributed by atoms with Crippen molar-refractivity contribution in [1.29, 1.82) is 0 Å². The molecule has 0 amide bonds. The average Bonchev–Trinajstić information content (AvgIpc) is 3.11. The van der Waals surface area contributed by atoms with Crippen LogP contribution in [0.1, 0.15) is 29.0 Å². The van der Waals surface area contributed by atoms with E-state index in [1.54, 1.807) is 0 Å². The maximum Gasteiger partial charge on any atom is 0.0410 e. The van der Waals surface area contributed by atoms with Crippen molar-refractivity contribution >= 4 is 23.0 Å². The third-order valence-electron chi connectivity index (χ3n) is 5.71. The van der Waals surface area contributed by atoms with E-state index in [4.69, 9.17) is 11.6 Å². The minimum atomic E-state index is 0.494. The molecule has 1 atom stereocenters. The topological polar surface area (TPSA) is 39.3 Å². The van der Waals surface area contributed by atoms with Gasteiger partial charge in [-0.2, -0.15) is 0 Å². The Morgan fingerprint density at radius 2 is 2.04 bits per heavy atom. The standard InChI is InChI=1S/C23H29ClN4/c1-17(19-4-2-3-18(13-19)16-28-11-9-25-10-12-28)26-8-7-20-15-27-23-6-5-21(24)14-22(20)23/h2-6,13-14,20,25-27H,1,7-12,15-16H2/t20-/m0/s1. The minimum Gasteiger partial charge on any atom is -0.385 e. The lowest BCUT2D eigenvalue weighted by molar-refractivity contribution is 0.233. The molecule has 148 valence electrons. The largest absolute Gasteiger partial charge is 0.385 e. The van der Waals surface area contributed by atoms with Crippen LogP contribution in [0.4, 0.5) is 5.69 Å². The van der Waals surface area contributed by atoms with Crippen LogP contribution in [0.25, 0.3) is 5.70 Å². The Hall–Kier alpha value is -2.01. The molecular formula is C23H29ClN4. The van der Waals surface area contributed by atoms with E-state index in [1.807, 2.05) is 6.07 Å². The SMILES string of the molecule is C=C(NCC[C@H]1CNc2ccc(Cl)cc21)c1cccc(CN2CCNCC2)c1. The van der Waals surface area contributed by atoms with Crippen LogP contribution in [0.2, 0.25) is 5.02 Å². The first kappa shape index (κ1) is 19.3. The lowest BCUT2D eigenvalue weighted by atomic mass is 9.98.